The van der Waals surface area contributed by atoms with Crippen molar-refractivity contribution in [1.29, 1.82) is 0 Å². The average molecular weight is 130 g/mol. The number of aromatic nitrogens is 1. The standard InChI is InChI=1S/C9H8N/c1-7-3-2-4-9-8(7)5-6-10-9/h2-6,10H,1H2. The third kappa shape index (κ3) is 0.637. The zero-order valence-corrected chi connectivity index (χ0v) is 5.59. The van der Waals surface area contributed by atoms with Crippen LogP contribution in [0.5, 0.6) is 0 Å². The van der Waals surface area contributed by atoms with Crippen LogP contribution in [0.2, 0.25) is 0 Å². The minimum atomic E-state index is 1.08. The van der Waals surface area contributed by atoms with Gasteiger partial charge >= 0.3 is 0 Å². The highest BCUT2D eigenvalue weighted by Gasteiger charge is 1.93. The van der Waals surface area contributed by atoms with E-state index in [4.69, 9.17) is 0 Å². The summed E-state index contributed by atoms with van der Waals surface area (Å²) in [7, 11) is 0. The molecular formula is C9H8N. The van der Waals surface area contributed by atoms with E-state index in [9.17, 15) is 0 Å². The van der Waals surface area contributed by atoms with Crippen LogP contribution in [0.3, 0.4) is 0 Å². The molecule has 0 atom stereocenters. The molecule has 0 unspecified atom stereocenters. The molecule has 0 bridgehead atoms. The fourth-order valence-electron chi connectivity index (χ4n) is 1.15. The van der Waals surface area contributed by atoms with E-state index in [0.29, 0.717) is 0 Å². The zero-order chi connectivity index (χ0) is 6.97. The molecule has 0 spiro atoms. The maximum Gasteiger partial charge on any atom is 0.0456 e. The fourth-order valence-corrected chi connectivity index (χ4v) is 1.15. The molecule has 0 aliphatic carbocycles. The number of hydrogen-bond donors (Lipinski definition) is 1. The van der Waals surface area contributed by atoms with Crippen molar-refractivity contribution < 1.29 is 0 Å². The molecule has 0 aliphatic rings. The van der Waals surface area contributed by atoms with Crippen molar-refractivity contribution in [3.05, 3.63) is 42.9 Å². The summed E-state index contributed by atoms with van der Waals surface area (Å²) in [6.45, 7) is 3.90. The number of rotatable bonds is 0. The first-order valence-electron chi connectivity index (χ1n) is 3.26. The van der Waals surface area contributed by atoms with Crippen LogP contribution in [-0.4, -0.2) is 4.98 Å². The highest BCUT2D eigenvalue weighted by atomic mass is 14.7. The van der Waals surface area contributed by atoms with Gasteiger partial charge in [0, 0.05) is 17.1 Å². The van der Waals surface area contributed by atoms with Gasteiger partial charge in [-0.25, -0.2) is 0 Å². The van der Waals surface area contributed by atoms with Crippen molar-refractivity contribution >= 4 is 10.9 Å². The second-order valence-corrected chi connectivity index (χ2v) is 2.36. The van der Waals surface area contributed by atoms with Crippen LogP contribution < -0.4 is 0 Å². The first-order chi connectivity index (χ1) is 4.88. The molecule has 10 heavy (non-hydrogen) atoms. The molecule has 49 valence electrons. The minimum absolute atomic E-state index is 1.08. The molecule has 1 heterocycles. The lowest BCUT2D eigenvalue weighted by atomic mass is 10.1. The largest absolute Gasteiger partial charge is 0.361 e. The normalized spacial score (nSPS) is 10.5. The van der Waals surface area contributed by atoms with Gasteiger partial charge in [-0.1, -0.05) is 12.1 Å². The third-order valence-corrected chi connectivity index (χ3v) is 1.69. The Bertz CT molecular complexity index is 346. The zero-order valence-electron chi connectivity index (χ0n) is 5.59. The summed E-state index contributed by atoms with van der Waals surface area (Å²) in [6.07, 6.45) is 1.93. The van der Waals surface area contributed by atoms with Crippen LogP contribution in [0.15, 0.2) is 30.5 Å². The summed E-state index contributed by atoms with van der Waals surface area (Å²) in [5, 5.41) is 1.21. The smallest absolute Gasteiger partial charge is 0.0456 e. The van der Waals surface area contributed by atoms with Gasteiger partial charge < -0.3 is 4.98 Å². The predicted octanol–water partition coefficient (Wildman–Crippen LogP) is 2.35. The molecule has 0 aliphatic heterocycles. The topological polar surface area (TPSA) is 15.8 Å². The SMILES string of the molecule is [CH2]c1cccc2[nH]ccc12. The maximum absolute atomic E-state index is 3.90. The molecule has 1 aromatic carbocycles. The van der Waals surface area contributed by atoms with Gasteiger partial charge in [-0.2, -0.15) is 0 Å². The maximum atomic E-state index is 3.90. The van der Waals surface area contributed by atoms with E-state index in [0.717, 1.165) is 11.1 Å². The molecule has 0 saturated heterocycles. The van der Waals surface area contributed by atoms with Gasteiger partial charge in [0.25, 0.3) is 0 Å². The Morgan fingerprint density at radius 2 is 2.10 bits per heavy atom. The Morgan fingerprint density at radius 1 is 1.20 bits per heavy atom. The van der Waals surface area contributed by atoms with Crippen molar-refractivity contribution in [2.75, 3.05) is 0 Å². The lowest BCUT2D eigenvalue weighted by Gasteiger charge is -1.91. The van der Waals surface area contributed by atoms with Gasteiger partial charge in [0.1, 0.15) is 0 Å². The number of benzene rings is 1. The molecule has 2 rings (SSSR count). The van der Waals surface area contributed by atoms with Crippen molar-refractivity contribution in [2.24, 2.45) is 0 Å². The lowest BCUT2D eigenvalue weighted by Crippen LogP contribution is -1.71. The summed E-state index contributed by atoms with van der Waals surface area (Å²) in [4.78, 5) is 3.12. The molecule has 1 heteroatoms. The molecule has 1 nitrogen and oxygen atoms in total. The summed E-state index contributed by atoms with van der Waals surface area (Å²) >= 11 is 0. The van der Waals surface area contributed by atoms with Gasteiger partial charge in [0.15, 0.2) is 0 Å². The van der Waals surface area contributed by atoms with Crippen LogP contribution >= 0.6 is 0 Å². The van der Waals surface area contributed by atoms with E-state index in [1.807, 2.05) is 30.5 Å². The van der Waals surface area contributed by atoms with Gasteiger partial charge in [-0.3, -0.25) is 0 Å². The van der Waals surface area contributed by atoms with Crippen LogP contribution in [0.25, 0.3) is 10.9 Å². The van der Waals surface area contributed by atoms with E-state index in [2.05, 4.69) is 11.9 Å². The fraction of sp³-hybridized carbons (Fsp3) is 0. The summed E-state index contributed by atoms with van der Waals surface area (Å²) in [6, 6.07) is 8.10. The van der Waals surface area contributed by atoms with Crippen LogP contribution in [-0.2, 0) is 0 Å². The third-order valence-electron chi connectivity index (χ3n) is 1.69. The van der Waals surface area contributed by atoms with Gasteiger partial charge in [-0.05, 0) is 24.6 Å². The summed E-state index contributed by atoms with van der Waals surface area (Å²) in [5.74, 6) is 0. The van der Waals surface area contributed by atoms with Gasteiger partial charge in [0.2, 0.25) is 0 Å². The Hall–Kier alpha value is -1.24. The van der Waals surface area contributed by atoms with Crippen molar-refractivity contribution in [1.82, 2.24) is 4.98 Å². The molecule has 1 aromatic heterocycles. The number of hydrogen-bond acceptors (Lipinski definition) is 0. The average Bonchev–Trinajstić information content (AvgIpc) is 2.36. The van der Waals surface area contributed by atoms with Crippen molar-refractivity contribution in [3.8, 4) is 0 Å². The molecule has 0 amide bonds. The van der Waals surface area contributed by atoms with Crippen molar-refractivity contribution in [3.63, 3.8) is 0 Å². The van der Waals surface area contributed by atoms with E-state index < -0.39 is 0 Å². The summed E-state index contributed by atoms with van der Waals surface area (Å²) in [5.41, 5.74) is 2.24. The molecule has 1 radical (unpaired) electrons. The number of fused-ring (bicyclic) bond motifs is 1. The predicted molar refractivity (Wildman–Crippen MR) is 42.8 cm³/mol. The quantitative estimate of drug-likeness (QED) is 0.563. The molecule has 0 saturated carbocycles. The monoisotopic (exact) mass is 130 g/mol. The Morgan fingerprint density at radius 3 is 2.90 bits per heavy atom. The molecule has 0 fully saturated rings. The Balaban J connectivity index is 2.95. The first-order valence-corrected chi connectivity index (χ1v) is 3.26. The van der Waals surface area contributed by atoms with E-state index in [1.54, 1.807) is 0 Å². The highest BCUT2D eigenvalue weighted by Crippen LogP contribution is 2.15. The number of H-pyrrole nitrogens is 1. The molecule has 2 aromatic rings. The van der Waals surface area contributed by atoms with Crippen LogP contribution in [0, 0.1) is 6.92 Å². The van der Waals surface area contributed by atoms with Crippen LogP contribution in [0.4, 0.5) is 0 Å². The van der Waals surface area contributed by atoms with Gasteiger partial charge in [0.05, 0.1) is 0 Å². The molecular weight excluding hydrogens is 122 g/mol. The lowest BCUT2D eigenvalue weighted by molar-refractivity contribution is 1.48. The highest BCUT2D eigenvalue weighted by molar-refractivity contribution is 5.83. The Labute approximate surface area is 59.7 Å². The van der Waals surface area contributed by atoms with Crippen LogP contribution in [0.1, 0.15) is 5.56 Å². The van der Waals surface area contributed by atoms with Crippen molar-refractivity contribution in [2.45, 2.75) is 0 Å². The Kier molecular flexibility index (Phi) is 1.04. The van der Waals surface area contributed by atoms with Gasteiger partial charge in [-0.15, -0.1) is 0 Å². The van der Waals surface area contributed by atoms with E-state index >= 15 is 0 Å². The minimum Gasteiger partial charge on any atom is -0.361 e. The summed E-state index contributed by atoms with van der Waals surface area (Å²) < 4.78 is 0. The van der Waals surface area contributed by atoms with E-state index in [1.165, 1.54) is 5.39 Å². The second kappa shape index (κ2) is 1.87. The van der Waals surface area contributed by atoms with E-state index in [-0.39, 0.29) is 0 Å². The number of aromatic amines is 1. The first kappa shape index (κ1) is 5.54. The number of nitrogens with one attached hydrogen (secondary N) is 1. The molecule has 1 N–H and O–H groups in total. The second-order valence-electron chi connectivity index (χ2n) is 2.36.